The molecule has 2 unspecified atom stereocenters. The smallest absolute Gasteiger partial charge is 0.303 e. The summed E-state index contributed by atoms with van der Waals surface area (Å²) in [6.07, 6.45) is 8.27. The van der Waals surface area contributed by atoms with E-state index in [1.54, 1.807) is 4.31 Å². The normalized spacial score (nSPS) is 35.0. The van der Waals surface area contributed by atoms with Crippen LogP contribution in [0.15, 0.2) is 0 Å². The number of carboxylic acid groups (broad SMARTS) is 1. The molecular weight excluding hydrogens is 290 g/mol. The Bertz CT molecular complexity index is 484. The van der Waals surface area contributed by atoms with Crippen molar-refractivity contribution < 1.29 is 18.3 Å². The zero-order chi connectivity index (χ0) is 15.0. The molecule has 0 aromatic rings. The molecule has 21 heavy (non-hydrogen) atoms. The van der Waals surface area contributed by atoms with Gasteiger partial charge >= 0.3 is 5.97 Å². The lowest BCUT2D eigenvalue weighted by atomic mass is 9.90. The van der Waals surface area contributed by atoms with Crippen molar-refractivity contribution >= 4 is 16.0 Å². The molecule has 1 saturated carbocycles. The van der Waals surface area contributed by atoms with Crippen LogP contribution >= 0.6 is 0 Å². The molecule has 0 radical (unpaired) electrons. The molecule has 0 spiro atoms. The van der Waals surface area contributed by atoms with Gasteiger partial charge in [-0.2, -0.15) is 4.31 Å². The van der Waals surface area contributed by atoms with Gasteiger partial charge in [-0.3, -0.25) is 4.79 Å². The van der Waals surface area contributed by atoms with Gasteiger partial charge in [0.2, 0.25) is 10.0 Å². The minimum atomic E-state index is -3.19. The Hall–Kier alpha value is -0.620. The molecule has 2 saturated heterocycles. The third-order valence-corrected chi connectivity index (χ3v) is 7.99. The maximum Gasteiger partial charge on any atom is 0.303 e. The first-order chi connectivity index (χ1) is 9.98. The highest BCUT2D eigenvalue weighted by Crippen LogP contribution is 2.43. The Kier molecular flexibility index (Phi) is 4.28. The summed E-state index contributed by atoms with van der Waals surface area (Å²) in [5, 5.41) is 8.77. The molecule has 2 atom stereocenters. The Balaban J connectivity index is 1.73. The van der Waals surface area contributed by atoms with Crippen molar-refractivity contribution in [1.82, 2.24) is 4.31 Å². The van der Waals surface area contributed by atoms with Gasteiger partial charge in [-0.25, -0.2) is 8.42 Å². The van der Waals surface area contributed by atoms with Crippen LogP contribution in [0.5, 0.6) is 0 Å². The van der Waals surface area contributed by atoms with Crippen molar-refractivity contribution in [2.24, 2.45) is 5.92 Å². The predicted molar refractivity (Wildman–Crippen MR) is 79.4 cm³/mol. The van der Waals surface area contributed by atoms with E-state index < -0.39 is 16.0 Å². The van der Waals surface area contributed by atoms with Gasteiger partial charge in [0.25, 0.3) is 0 Å². The number of rotatable bonds is 4. The lowest BCUT2D eigenvalue weighted by molar-refractivity contribution is -0.138. The zero-order valence-corrected chi connectivity index (χ0v) is 13.2. The fourth-order valence-electron chi connectivity index (χ4n) is 4.61. The first-order valence-electron chi connectivity index (χ1n) is 8.22. The summed E-state index contributed by atoms with van der Waals surface area (Å²) in [5.74, 6) is -0.610. The van der Waals surface area contributed by atoms with E-state index >= 15 is 0 Å². The van der Waals surface area contributed by atoms with Crippen LogP contribution in [-0.4, -0.2) is 41.1 Å². The molecule has 0 amide bonds. The molecule has 3 rings (SSSR count). The lowest BCUT2D eigenvalue weighted by Gasteiger charge is -2.40. The van der Waals surface area contributed by atoms with Gasteiger partial charge in [0, 0.05) is 18.5 Å². The largest absolute Gasteiger partial charge is 0.481 e. The van der Waals surface area contributed by atoms with Gasteiger partial charge in [0.05, 0.1) is 5.25 Å². The molecule has 0 aromatic carbocycles. The average molecular weight is 315 g/mol. The van der Waals surface area contributed by atoms with Crippen LogP contribution in [0.2, 0.25) is 0 Å². The van der Waals surface area contributed by atoms with Gasteiger partial charge in [0.15, 0.2) is 0 Å². The van der Waals surface area contributed by atoms with Crippen LogP contribution in [0.1, 0.15) is 64.2 Å². The summed E-state index contributed by atoms with van der Waals surface area (Å²) in [7, 11) is -3.19. The topological polar surface area (TPSA) is 74.7 Å². The Morgan fingerprint density at radius 3 is 2.10 bits per heavy atom. The minimum absolute atomic E-state index is 0.0556. The number of carboxylic acids is 1. The molecule has 1 aliphatic carbocycles. The number of hydrogen-bond donors (Lipinski definition) is 1. The van der Waals surface area contributed by atoms with Crippen molar-refractivity contribution in [2.75, 3.05) is 0 Å². The highest BCUT2D eigenvalue weighted by atomic mass is 32.2. The molecule has 2 heterocycles. The number of nitrogens with zero attached hydrogens (tertiary/aromatic N) is 1. The molecular formula is C15H25NO4S. The maximum atomic E-state index is 12.9. The minimum Gasteiger partial charge on any atom is -0.481 e. The van der Waals surface area contributed by atoms with E-state index in [4.69, 9.17) is 5.11 Å². The van der Waals surface area contributed by atoms with Crippen molar-refractivity contribution in [3.05, 3.63) is 0 Å². The van der Waals surface area contributed by atoms with E-state index in [-0.39, 0.29) is 29.7 Å². The van der Waals surface area contributed by atoms with Gasteiger partial charge in [-0.1, -0.05) is 19.3 Å². The predicted octanol–water partition coefficient (Wildman–Crippen LogP) is 2.37. The van der Waals surface area contributed by atoms with Crippen LogP contribution in [0.4, 0.5) is 0 Å². The molecule has 120 valence electrons. The van der Waals surface area contributed by atoms with Gasteiger partial charge < -0.3 is 5.11 Å². The number of fused-ring (bicyclic) bond motifs is 2. The average Bonchev–Trinajstić information content (AvgIpc) is 2.72. The number of piperidine rings is 1. The highest BCUT2D eigenvalue weighted by Gasteiger charge is 2.49. The summed E-state index contributed by atoms with van der Waals surface area (Å²) in [6, 6.07) is 0.111. The third-order valence-electron chi connectivity index (χ3n) is 5.49. The molecule has 6 heteroatoms. The van der Waals surface area contributed by atoms with Crippen molar-refractivity contribution in [3.63, 3.8) is 0 Å². The van der Waals surface area contributed by atoms with Crippen LogP contribution in [-0.2, 0) is 14.8 Å². The van der Waals surface area contributed by atoms with Gasteiger partial charge in [-0.15, -0.1) is 0 Å². The van der Waals surface area contributed by atoms with Crippen molar-refractivity contribution in [2.45, 2.75) is 81.5 Å². The SMILES string of the molecule is O=C(O)CC1CC2CCC(C1)N2S(=O)(=O)C1CCCCC1. The molecule has 1 N–H and O–H groups in total. The Labute approximate surface area is 126 Å². The van der Waals surface area contributed by atoms with E-state index in [1.165, 1.54) is 0 Å². The van der Waals surface area contributed by atoms with Crippen LogP contribution in [0, 0.1) is 5.92 Å². The van der Waals surface area contributed by atoms with E-state index in [2.05, 4.69) is 0 Å². The standard InChI is InChI=1S/C15H25NO4S/c17-15(18)10-11-8-12-6-7-13(9-11)16(12)21(19,20)14-4-2-1-3-5-14/h11-14H,1-10H2,(H,17,18). The number of carbonyl (C=O) groups is 1. The molecule has 3 aliphatic rings. The Morgan fingerprint density at radius 2 is 1.57 bits per heavy atom. The summed E-state index contributed by atoms with van der Waals surface area (Å²) < 4.78 is 27.7. The highest BCUT2D eigenvalue weighted by molar-refractivity contribution is 7.89. The molecule has 2 aliphatic heterocycles. The van der Waals surface area contributed by atoms with Crippen molar-refractivity contribution in [1.29, 1.82) is 0 Å². The first-order valence-corrected chi connectivity index (χ1v) is 9.73. The first kappa shape index (κ1) is 15.3. The summed E-state index contributed by atoms with van der Waals surface area (Å²) in [6.45, 7) is 0. The second-order valence-electron chi connectivity index (χ2n) is 6.96. The molecule has 2 bridgehead atoms. The van der Waals surface area contributed by atoms with Crippen LogP contribution in [0.3, 0.4) is 0 Å². The Morgan fingerprint density at radius 1 is 1.00 bits per heavy atom. The summed E-state index contributed by atoms with van der Waals surface area (Å²) >= 11 is 0. The lowest BCUT2D eigenvalue weighted by Crippen LogP contribution is -2.50. The van der Waals surface area contributed by atoms with E-state index in [0.29, 0.717) is 0 Å². The van der Waals surface area contributed by atoms with E-state index in [1.807, 2.05) is 0 Å². The van der Waals surface area contributed by atoms with E-state index in [9.17, 15) is 13.2 Å². The quantitative estimate of drug-likeness (QED) is 0.864. The molecule has 0 aromatic heterocycles. The second kappa shape index (κ2) is 5.88. The second-order valence-corrected chi connectivity index (χ2v) is 9.07. The fourth-order valence-corrected chi connectivity index (χ4v) is 7.10. The molecule has 3 fully saturated rings. The van der Waals surface area contributed by atoms with Crippen molar-refractivity contribution in [3.8, 4) is 0 Å². The summed E-state index contributed by atoms with van der Waals surface area (Å²) in [5.41, 5.74) is 0. The van der Waals surface area contributed by atoms with E-state index in [0.717, 1.165) is 57.8 Å². The third kappa shape index (κ3) is 2.97. The van der Waals surface area contributed by atoms with Crippen LogP contribution < -0.4 is 0 Å². The van der Waals surface area contributed by atoms with Gasteiger partial charge in [0.1, 0.15) is 0 Å². The van der Waals surface area contributed by atoms with Gasteiger partial charge in [-0.05, 0) is 44.4 Å². The monoisotopic (exact) mass is 315 g/mol. The summed E-state index contributed by atoms with van der Waals surface area (Å²) in [4.78, 5) is 10.9. The maximum absolute atomic E-state index is 12.9. The fraction of sp³-hybridized carbons (Fsp3) is 0.933. The molecule has 5 nitrogen and oxygen atoms in total. The number of aliphatic carboxylic acids is 1. The van der Waals surface area contributed by atoms with Crippen LogP contribution in [0.25, 0.3) is 0 Å². The number of hydrogen-bond acceptors (Lipinski definition) is 3. The zero-order valence-electron chi connectivity index (χ0n) is 12.4. The number of sulfonamides is 1.